The molecule has 1 saturated carbocycles. The number of amides is 1. The topological polar surface area (TPSA) is 95.5 Å². The maximum absolute atomic E-state index is 13.0. The molecule has 1 N–H and O–H groups in total. The highest BCUT2D eigenvalue weighted by Crippen LogP contribution is 2.36. The van der Waals surface area contributed by atoms with Gasteiger partial charge in [-0.3, -0.25) is 4.79 Å². The summed E-state index contributed by atoms with van der Waals surface area (Å²) in [7, 11) is -3.59. The number of hydrogen-bond acceptors (Lipinski definition) is 5. The summed E-state index contributed by atoms with van der Waals surface area (Å²) in [6.45, 7) is 6.69. The lowest BCUT2D eigenvalue weighted by molar-refractivity contribution is 0.0947. The first-order valence-electron chi connectivity index (χ1n) is 9.29. The Morgan fingerprint density at radius 1 is 1.31 bits per heavy atom. The van der Waals surface area contributed by atoms with E-state index in [0.717, 1.165) is 19.3 Å². The molecule has 26 heavy (non-hydrogen) atoms. The van der Waals surface area contributed by atoms with Crippen LogP contribution in [0.2, 0.25) is 0 Å². The second-order valence-electron chi connectivity index (χ2n) is 6.82. The maximum atomic E-state index is 13.0. The number of hydrogen-bond donors (Lipinski definition) is 1. The van der Waals surface area contributed by atoms with Crippen LogP contribution in [-0.2, 0) is 10.2 Å². The lowest BCUT2D eigenvalue weighted by atomic mass is 10.1. The molecule has 0 bridgehead atoms. The van der Waals surface area contributed by atoms with Crippen LogP contribution in [0, 0.1) is 6.92 Å². The van der Waals surface area contributed by atoms with E-state index in [4.69, 9.17) is 0 Å². The van der Waals surface area contributed by atoms with Crippen LogP contribution in [0.4, 0.5) is 0 Å². The average molecular weight is 382 g/mol. The minimum atomic E-state index is -3.59. The van der Waals surface area contributed by atoms with Crippen molar-refractivity contribution < 1.29 is 13.2 Å². The summed E-state index contributed by atoms with van der Waals surface area (Å²) in [5.74, 6) is 0.324. The zero-order valence-electron chi connectivity index (χ0n) is 15.6. The molecule has 0 unspecified atom stereocenters. The lowest BCUT2D eigenvalue weighted by Gasteiger charge is -2.30. The van der Waals surface area contributed by atoms with E-state index in [1.807, 2.05) is 13.8 Å². The standard InChI is InChI=1S/C17H27N5O3S/c1-4-21(5-2)26(24,25)22-10-6-7-15(22)16-14(11-18-12(3)19-16)17(23)20-13-8-9-13/h11,13,15H,4-10H2,1-3H3,(H,20,23)/t15-/m1/s1. The highest BCUT2D eigenvalue weighted by atomic mass is 32.2. The quantitative estimate of drug-likeness (QED) is 0.770. The van der Waals surface area contributed by atoms with Crippen LogP contribution in [0.3, 0.4) is 0 Å². The van der Waals surface area contributed by atoms with E-state index in [9.17, 15) is 13.2 Å². The van der Waals surface area contributed by atoms with E-state index < -0.39 is 16.3 Å². The van der Waals surface area contributed by atoms with Crippen LogP contribution in [0.25, 0.3) is 0 Å². The molecule has 1 aliphatic heterocycles. The molecule has 2 heterocycles. The van der Waals surface area contributed by atoms with Crippen molar-refractivity contribution in [3.05, 3.63) is 23.3 Å². The fourth-order valence-electron chi connectivity index (χ4n) is 3.40. The molecule has 3 rings (SSSR count). The second kappa shape index (κ2) is 7.58. The molecular formula is C17H27N5O3S. The zero-order chi connectivity index (χ0) is 18.9. The lowest BCUT2D eigenvalue weighted by Crippen LogP contribution is -2.44. The largest absolute Gasteiger partial charge is 0.349 e. The van der Waals surface area contributed by atoms with Crippen LogP contribution in [-0.4, -0.2) is 58.6 Å². The summed E-state index contributed by atoms with van der Waals surface area (Å²) < 4.78 is 29.0. The van der Waals surface area contributed by atoms with E-state index in [-0.39, 0.29) is 11.9 Å². The Bertz CT molecular complexity index is 775. The van der Waals surface area contributed by atoms with E-state index in [1.54, 1.807) is 6.92 Å². The van der Waals surface area contributed by atoms with Crippen molar-refractivity contribution in [1.29, 1.82) is 0 Å². The Balaban J connectivity index is 1.96. The normalized spacial score (nSPS) is 21.3. The number of carbonyl (C=O) groups excluding carboxylic acids is 1. The number of nitrogens with one attached hydrogen (secondary N) is 1. The first kappa shape index (κ1) is 19.2. The molecule has 1 aromatic rings. The first-order valence-corrected chi connectivity index (χ1v) is 10.7. The smallest absolute Gasteiger partial charge is 0.282 e. The van der Waals surface area contributed by atoms with Gasteiger partial charge in [-0.2, -0.15) is 17.0 Å². The molecule has 1 atom stereocenters. The maximum Gasteiger partial charge on any atom is 0.282 e. The number of aryl methyl sites for hydroxylation is 1. The van der Waals surface area contributed by atoms with Gasteiger partial charge < -0.3 is 5.32 Å². The zero-order valence-corrected chi connectivity index (χ0v) is 16.4. The van der Waals surface area contributed by atoms with Crippen molar-refractivity contribution in [2.24, 2.45) is 0 Å². The van der Waals surface area contributed by atoms with Gasteiger partial charge in [-0.1, -0.05) is 13.8 Å². The van der Waals surface area contributed by atoms with Crippen molar-refractivity contribution in [2.75, 3.05) is 19.6 Å². The van der Waals surface area contributed by atoms with E-state index >= 15 is 0 Å². The van der Waals surface area contributed by atoms with Gasteiger partial charge >= 0.3 is 0 Å². The highest BCUT2D eigenvalue weighted by Gasteiger charge is 2.40. The molecule has 0 radical (unpaired) electrons. The van der Waals surface area contributed by atoms with Gasteiger partial charge in [-0.25, -0.2) is 9.97 Å². The van der Waals surface area contributed by atoms with Gasteiger partial charge in [0.05, 0.1) is 17.3 Å². The molecule has 8 nitrogen and oxygen atoms in total. The SMILES string of the molecule is CCN(CC)S(=O)(=O)N1CCC[C@@H]1c1nc(C)ncc1C(=O)NC1CC1. The van der Waals surface area contributed by atoms with Crippen molar-refractivity contribution >= 4 is 16.1 Å². The Morgan fingerprint density at radius 2 is 2.00 bits per heavy atom. The van der Waals surface area contributed by atoms with Crippen LogP contribution in [0.15, 0.2) is 6.20 Å². The van der Waals surface area contributed by atoms with Gasteiger partial charge in [-0.15, -0.1) is 0 Å². The molecule has 1 saturated heterocycles. The van der Waals surface area contributed by atoms with Crippen molar-refractivity contribution in [3.63, 3.8) is 0 Å². The summed E-state index contributed by atoms with van der Waals surface area (Å²) >= 11 is 0. The molecule has 1 aliphatic carbocycles. The van der Waals surface area contributed by atoms with Gasteiger partial charge in [0.1, 0.15) is 5.82 Å². The first-order chi connectivity index (χ1) is 12.4. The van der Waals surface area contributed by atoms with Gasteiger partial charge in [-0.05, 0) is 32.6 Å². The number of nitrogens with zero attached hydrogens (tertiary/aromatic N) is 4. The summed E-state index contributed by atoms with van der Waals surface area (Å²) in [5.41, 5.74) is 0.901. The third kappa shape index (κ3) is 3.74. The minimum absolute atomic E-state index is 0.213. The Hall–Kier alpha value is -1.58. The molecular weight excluding hydrogens is 354 g/mol. The Labute approximate surface area is 155 Å². The molecule has 1 amide bonds. The van der Waals surface area contributed by atoms with E-state index in [0.29, 0.717) is 43.1 Å². The molecule has 9 heteroatoms. The van der Waals surface area contributed by atoms with Gasteiger partial charge in [0.15, 0.2) is 0 Å². The average Bonchev–Trinajstić information content (AvgIpc) is 3.26. The van der Waals surface area contributed by atoms with Gasteiger partial charge in [0.2, 0.25) is 0 Å². The minimum Gasteiger partial charge on any atom is -0.349 e. The Morgan fingerprint density at radius 3 is 2.62 bits per heavy atom. The Kier molecular flexibility index (Phi) is 5.59. The summed E-state index contributed by atoms with van der Waals surface area (Å²) in [6, 6.07) is -0.210. The number of aromatic nitrogens is 2. The number of carbonyl (C=O) groups is 1. The van der Waals surface area contributed by atoms with Crippen LogP contribution >= 0.6 is 0 Å². The highest BCUT2D eigenvalue weighted by molar-refractivity contribution is 7.86. The second-order valence-corrected chi connectivity index (χ2v) is 8.71. The van der Waals surface area contributed by atoms with Gasteiger partial charge in [0.25, 0.3) is 16.1 Å². The molecule has 144 valence electrons. The summed E-state index contributed by atoms with van der Waals surface area (Å²) in [5, 5.41) is 2.95. The summed E-state index contributed by atoms with van der Waals surface area (Å²) in [4.78, 5) is 21.3. The van der Waals surface area contributed by atoms with Gasteiger partial charge in [0, 0.05) is 31.9 Å². The molecule has 2 aliphatic rings. The number of rotatable bonds is 7. The van der Waals surface area contributed by atoms with Crippen molar-refractivity contribution in [3.8, 4) is 0 Å². The van der Waals surface area contributed by atoms with E-state index in [1.165, 1.54) is 14.8 Å². The van der Waals surface area contributed by atoms with Crippen LogP contribution < -0.4 is 5.32 Å². The van der Waals surface area contributed by atoms with Crippen molar-refractivity contribution in [2.45, 2.75) is 58.5 Å². The fraction of sp³-hybridized carbons (Fsp3) is 0.706. The van der Waals surface area contributed by atoms with E-state index in [2.05, 4.69) is 15.3 Å². The third-order valence-corrected chi connectivity index (χ3v) is 7.14. The van der Waals surface area contributed by atoms with Crippen molar-refractivity contribution in [1.82, 2.24) is 23.9 Å². The summed E-state index contributed by atoms with van der Waals surface area (Å²) in [6.07, 6.45) is 4.90. The monoisotopic (exact) mass is 381 g/mol. The molecule has 0 spiro atoms. The molecule has 2 fully saturated rings. The predicted molar refractivity (Wildman–Crippen MR) is 97.8 cm³/mol. The molecule has 1 aromatic heterocycles. The fourth-order valence-corrected chi connectivity index (χ4v) is 5.23. The van der Waals surface area contributed by atoms with Crippen LogP contribution in [0.5, 0.6) is 0 Å². The third-order valence-electron chi connectivity index (χ3n) is 4.94. The molecule has 0 aromatic carbocycles. The van der Waals surface area contributed by atoms with Crippen LogP contribution in [0.1, 0.15) is 67.4 Å². The predicted octanol–water partition coefficient (Wildman–Crippen LogP) is 1.40.